The molecule has 0 saturated heterocycles. The van der Waals surface area contributed by atoms with Crippen LogP contribution in [0.5, 0.6) is 0 Å². The average molecular weight is 353 g/mol. The number of ether oxygens (including phenoxy) is 1. The molecule has 0 bridgehead atoms. The number of thiophene rings is 1. The molecular weight excluding hydrogens is 332 g/mol. The number of hydrogen-bond donors (Lipinski definition) is 2. The Balaban J connectivity index is 2.01. The second-order valence-corrected chi connectivity index (χ2v) is 7.96. The van der Waals surface area contributed by atoms with E-state index in [9.17, 15) is 4.79 Å². The molecule has 1 atom stereocenters. The maximum Gasteiger partial charge on any atom is 0.412 e. The lowest BCUT2D eigenvalue weighted by Crippen LogP contribution is -2.27. The van der Waals surface area contributed by atoms with Gasteiger partial charge in [0.05, 0.1) is 10.4 Å². The van der Waals surface area contributed by atoms with E-state index in [1.807, 2.05) is 57.2 Å². The normalized spacial score (nSPS) is 12.6. The van der Waals surface area contributed by atoms with Gasteiger partial charge in [0.15, 0.2) is 0 Å². The van der Waals surface area contributed by atoms with Crippen molar-refractivity contribution >= 4 is 40.4 Å². The molecule has 1 aromatic heterocycles. The minimum absolute atomic E-state index is 0.129. The van der Waals surface area contributed by atoms with Crippen molar-refractivity contribution in [2.75, 3.05) is 10.6 Å². The highest BCUT2D eigenvalue weighted by Crippen LogP contribution is 2.29. The molecule has 2 rings (SSSR count). The molecule has 0 aliphatic rings. The van der Waals surface area contributed by atoms with Crippen molar-refractivity contribution in [1.29, 1.82) is 0 Å². The van der Waals surface area contributed by atoms with Crippen molar-refractivity contribution in [3.8, 4) is 0 Å². The molecular formula is C17H21ClN2O2S. The van der Waals surface area contributed by atoms with E-state index >= 15 is 0 Å². The third-order valence-corrected chi connectivity index (χ3v) is 4.33. The Bertz CT molecular complexity index is 679. The van der Waals surface area contributed by atoms with E-state index in [1.165, 1.54) is 0 Å². The minimum atomic E-state index is -0.521. The van der Waals surface area contributed by atoms with Crippen LogP contribution in [-0.2, 0) is 4.74 Å². The zero-order valence-corrected chi connectivity index (χ0v) is 15.2. The van der Waals surface area contributed by atoms with Crippen LogP contribution in [0.15, 0.2) is 36.4 Å². The SMILES string of the molecule is CC(Nc1cccc(NC(=O)OC(C)(C)C)c1)c1ccc(Cl)s1. The Morgan fingerprint density at radius 2 is 1.91 bits per heavy atom. The molecule has 23 heavy (non-hydrogen) atoms. The number of halogens is 1. The predicted molar refractivity (Wildman–Crippen MR) is 97.7 cm³/mol. The third-order valence-electron chi connectivity index (χ3n) is 2.91. The maximum absolute atomic E-state index is 11.8. The fraction of sp³-hybridized carbons (Fsp3) is 0.353. The molecule has 2 aromatic rings. The lowest BCUT2D eigenvalue weighted by atomic mass is 10.2. The Labute approximate surface area is 145 Å². The van der Waals surface area contributed by atoms with Crippen molar-refractivity contribution in [1.82, 2.24) is 0 Å². The third kappa shape index (κ3) is 5.77. The first-order valence-electron chi connectivity index (χ1n) is 7.35. The highest BCUT2D eigenvalue weighted by Gasteiger charge is 2.16. The summed E-state index contributed by atoms with van der Waals surface area (Å²) in [7, 11) is 0. The lowest BCUT2D eigenvalue weighted by molar-refractivity contribution is 0.0636. The van der Waals surface area contributed by atoms with Gasteiger partial charge in [-0.05, 0) is 58.0 Å². The summed E-state index contributed by atoms with van der Waals surface area (Å²) in [5, 5.41) is 6.13. The number of hydrogen-bond acceptors (Lipinski definition) is 4. The van der Waals surface area contributed by atoms with Gasteiger partial charge in [0, 0.05) is 16.3 Å². The highest BCUT2D eigenvalue weighted by molar-refractivity contribution is 7.16. The van der Waals surface area contributed by atoms with E-state index in [2.05, 4.69) is 17.6 Å². The van der Waals surface area contributed by atoms with Crippen molar-refractivity contribution in [2.45, 2.75) is 39.3 Å². The van der Waals surface area contributed by atoms with Crippen LogP contribution in [-0.4, -0.2) is 11.7 Å². The molecule has 0 fully saturated rings. The summed E-state index contributed by atoms with van der Waals surface area (Å²) in [4.78, 5) is 13.0. The van der Waals surface area contributed by atoms with E-state index in [0.29, 0.717) is 5.69 Å². The standard InChI is InChI=1S/C17H21ClN2O2S/c1-11(14-8-9-15(18)23-14)19-12-6-5-7-13(10-12)20-16(21)22-17(2,3)4/h5-11,19H,1-4H3,(H,20,21). The van der Waals surface area contributed by atoms with Crippen molar-refractivity contribution < 1.29 is 9.53 Å². The van der Waals surface area contributed by atoms with Gasteiger partial charge in [-0.15, -0.1) is 11.3 Å². The van der Waals surface area contributed by atoms with Crippen LogP contribution >= 0.6 is 22.9 Å². The van der Waals surface area contributed by atoms with E-state index in [0.717, 1.165) is 14.9 Å². The zero-order valence-electron chi connectivity index (χ0n) is 13.6. The first-order valence-corrected chi connectivity index (χ1v) is 8.54. The smallest absolute Gasteiger partial charge is 0.412 e. The van der Waals surface area contributed by atoms with Gasteiger partial charge in [-0.2, -0.15) is 0 Å². The molecule has 0 aliphatic carbocycles. The van der Waals surface area contributed by atoms with Crippen LogP contribution in [0.4, 0.5) is 16.2 Å². The summed E-state index contributed by atoms with van der Waals surface area (Å²) >= 11 is 7.52. The van der Waals surface area contributed by atoms with Crippen LogP contribution in [0.2, 0.25) is 4.34 Å². The first kappa shape index (κ1) is 17.6. The van der Waals surface area contributed by atoms with Crippen LogP contribution in [0.3, 0.4) is 0 Å². The van der Waals surface area contributed by atoms with Crippen molar-refractivity contribution in [2.24, 2.45) is 0 Å². The fourth-order valence-corrected chi connectivity index (χ4v) is 3.05. The van der Waals surface area contributed by atoms with Gasteiger partial charge in [0.1, 0.15) is 5.60 Å². The Morgan fingerprint density at radius 1 is 1.22 bits per heavy atom. The largest absolute Gasteiger partial charge is 0.444 e. The highest BCUT2D eigenvalue weighted by atomic mass is 35.5. The summed E-state index contributed by atoms with van der Waals surface area (Å²) in [6, 6.07) is 11.5. The molecule has 6 heteroatoms. The molecule has 0 aliphatic heterocycles. The van der Waals surface area contributed by atoms with Crippen molar-refractivity contribution in [3.05, 3.63) is 45.6 Å². The predicted octanol–water partition coefficient (Wildman–Crippen LogP) is 5.92. The van der Waals surface area contributed by atoms with Gasteiger partial charge < -0.3 is 10.1 Å². The van der Waals surface area contributed by atoms with Gasteiger partial charge in [-0.25, -0.2) is 4.79 Å². The van der Waals surface area contributed by atoms with E-state index in [1.54, 1.807) is 11.3 Å². The maximum atomic E-state index is 11.8. The van der Waals surface area contributed by atoms with Crippen LogP contribution in [0.25, 0.3) is 0 Å². The number of amides is 1. The Hall–Kier alpha value is -1.72. The van der Waals surface area contributed by atoms with Gasteiger partial charge in [0.25, 0.3) is 0 Å². The minimum Gasteiger partial charge on any atom is -0.444 e. The van der Waals surface area contributed by atoms with E-state index in [4.69, 9.17) is 16.3 Å². The lowest BCUT2D eigenvalue weighted by Gasteiger charge is -2.20. The fourth-order valence-electron chi connectivity index (χ4n) is 1.99. The van der Waals surface area contributed by atoms with Crippen molar-refractivity contribution in [3.63, 3.8) is 0 Å². The average Bonchev–Trinajstić information content (AvgIpc) is 2.83. The van der Waals surface area contributed by atoms with E-state index in [-0.39, 0.29) is 6.04 Å². The van der Waals surface area contributed by atoms with Gasteiger partial charge in [-0.3, -0.25) is 5.32 Å². The number of nitrogens with one attached hydrogen (secondary N) is 2. The number of anilines is 2. The van der Waals surface area contributed by atoms with Crippen LogP contribution < -0.4 is 10.6 Å². The molecule has 4 nitrogen and oxygen atoms in total. The molecule has 124 valence electrons. The Morgan fingerprint density at radius 3 is 2.52 bits per heavy atom. The number of rotatable bonds is 4. The summed E-state index contributed by atoms with van der Waals surface area (Å²) in [6.45, 7) is 7.56. The summed E-state index contributed by atoms with van der Waals surface area (Å²) < 4.78 is 6.02. The van der Waals surface area contributed by atoms with Gasteiger partial charge >= 0.3 is 6.09 Å². The van der Waals surface area contributed by atoms with Gasteiger partial charge in [-0.1, -0.05) is 17.7 Å². The molecule has 1 aromatic carbocycles. The summed E-state index contributed by atoms with van der Waals surface area (Å²) in [6.07, 6.45) is -0.465. The second kappa shape index (κ2) is 7.23. The van der Waals surface area contributed by atoms with Crippen LogP contribution in [0.1, 0.15) is 38.6 Å². The number of benzene rings is 1. The first-order chi connectivity index (χ1) is 10.7. The molecule has 0 saturated carbocycles. The summed E-state index contributed by atoms with van der Waals surface area (Å²) in [5.74, 6) is 0. The van der Waals surface area contributed by atoms with Crippen LogP contribution in [0, 0.1) is 0 Å². The monoisotopic (exact) mass is 352 g/mol. The quantitative estimate of drug-likeness (QED) is 0.717. The molecule has 0 spiro atoms. The summed E-state index contributed by atoms with van der Waals surface area (Å²) in [5.41, 5.74) is 1.07. The molecule has 0 radical (unpaired) electrons. The number of carbonyl (C=O) groups is 1. The molecule has 1 heterocycles. The Kier molecular flexibility index (Phi) is 5.55. The molecule has 1 amide bonds. The zero-order chi connectivity index (χ0) is 17.0. The molecule has 2 N–H and O–H groups in total. The second-order valence-electron chi connectivity index (χ2n) is 6.22. The number of carbonyl (C=O) groups excluding carboxylic acids is 1. The topological polar surface area (TPSA) is 50.4 Å². The van der Waals surface area contributed by atoms with E-state index < -0.39 is 11.7 Å². The van der Waals surface area contributed by atoms with Gasteiger partial charge in [0.2, 0.25) is 0 Å². The molecule has 1 unspecified atom stereocenters.